The van der Waals surface area contributed by atoms with Crippen molar-refractivity contribution in [2.45, 2.75) is 31.5 Å². The Morgan fingerprint density at radius 1 is 1.44 bits per heavy atom. The van der Waals surface area contributed by atoms with Crippen LogP contribution in [-0.4, -0.2) is 36.5 Å². The highest BCUT2D eigenvalue weighted by Crippen LogP contribution is 2.28. The molecule has 1 N–H and O–H groups in total. The lowest BCUT2D eigenvalue weighted by molar-refractivity contribution is -0.154. The monoisotopic (exact) mass is 250 g/mol. The predicted octanol–water partition coefficient (Wildman–Crippen LogP) is 1.48. The van der Waals surface area contributed by atoms with Crippen molar-refractivity contribution in [3.8, 4) is 0 Å². The highest BCUT2D eigenvalue weighted by molar-refractivity contribution is 5.65. The molecule has 1 heterocycles. The largest absolute Gasteiger partial charge is 0.463 e. The summed E-state index contributed by atoms with van der Waals surface area (Å²) in [6.07, 6.45) is -0.368. The minimum absolute atomic E-state index is 0.123. The van der Waals surface area contributed by atoms with Gasteiger partial charge in [-0.25, -0.2) is 0 Å². The number of hydrogen-bond acceptors (Lipinski definition) is 4. The molecule has 0 radical (unpaired) electrons. The third-order valence-electron chi connectivity index (χ3n) is 3.19. The first-order chi connectivity index (χ1) is 8.66. The number of carbonyl (C=O) groups excluding carboxylic acids is 1. The normalized spacial score (nSPS) is 27.8. The SMILES string of the molecule is CC(=O)OC[C@H]1OC[C@@H](c2ccccc2)CC1O. The number of rotatable bonds is 3. The molecule has 1 aliphatic heterocycles. The van der Waals surface area contributed by atoms with Gasteiger partial charge in [0.2, 0.25) is 0 Å². The Kier molecular flexibility index (Phi) is 4.33. The zero-order valence-electron chi connectivity index (χ0n) is 10.4. The summed E-state index contributed by atoms with van der Waals surface area (Å²) in [4.78, 5) is 10.7. The van der Waals surface area contributed by atoms with Crippen LogP contribution in [0.15, 0.2) is 30.3 Å². The number of aliphatic hydroxyl groups is 1. The zero-order valence-corrected chi connectivity index (χ0v) is 10.4. The van der Waals surface area contributed by atoms with Crippen molar-refractivity contribution in [3.63, 3.8) is 0 Å². The van der Waals surface area contributed by atoms with Crippen molar-refractivity contribution in [3.05, 3.63) is 35.9 Å². The van der Waals surface area contributed by atoms with Gasteiger partial charge in [-0.05, 0) is 12.0 Å². The van der Waals surface area contributed by atoms with Crippen LogP contribution in [-0.2, 0) is 14.3 Å². The third kappa shape index (κ3) is 3.31. The molecule has 1 aromatic rings. The second kappa shape index (κ2) is 5.98. The average molecular weight is 250 g/mol. The Labute approximate surface area is 107 Å². The van der Waals surface area contributed by atoms with Gasteiger partial charge in [-0.2, -0.15) is 0 Å². The highest BCUT2D eigenvalue weighted by Gasteiger charge is 2.31. The molecule has 1 fully saturated rings. The van der Waals surface area contributed by atoms with Crippen LogP contribution in [0.3, 0.4) is 0 Å². The summed E-state index contributed by atoms with van der Waals surface area (Å²) in [5.74, 6) is -0.147. The van der Waals surface area contributed by atoms with Gasteiger partial charge in [-0.15, -0.1) is 0 Å². The molecule has 18 heavy (non-hydrogen) atoms. The lowest BCUT2D eigenvalue weighted by atomic mass is 9.90. The number of aliphatic hydroxyl groups excluding tert-OH is 1. The van der Waals surface area contributed by atoms with Gasteiger partial charge in [0.05, 0.1) is 12.7 Å². The molecule has 4 heteroatoms. The van der Waals surface area contributed by atoms with Gasteiger partial charge in [-0.3, -0.25) is 4.79 Å². The molecule has 0 spiro atoms. The van der Waals surface area contributed by atoms with Gasteiger partial charge in [0.1, 0.15) is 12.7 Å². The lowest BCUT2D eigenvalue weighted by Gasteiger charge is -2.33. The van der Waals surface area contributed by atoms with E-state index in [0.29, 0.717) is 13.0 Å². The van der Waals surface area contributed by atoms with E-state index in [1.54, 1.807) is 0 Å². The number of benzene rings is 1. The van der Waals surface area contributed by atoms with Crippen LogP contribution < -0.4 is 0 Å². The van der Waals surface area contributed by atoms with E-state index in [-0.39, 0.29) is 18.5 Å². The van der Waals surface area contributed by atoms with Gasteiger partial charge < -0.3 is 14.6 Å². The Hall–Kier alpha value is -1.39. The quantitative estimate of drug-likeness (QED) is 0.826. The molecule has 1 aromatic carbocycles. The summed E-state index contributed by atoms with van der Waals surface area (Å²) < 4.78 is 10.4. The summed E-state index contributed by atoms with van der Waals surface area (Å²) in [6, 6.07) is 9.99. The molecule has 0 aliphatic carbocycles. The molecule has 4 nitrogen and oxygen atoms in total. The maximum Gasteiger partial charge on any atom is 0.302 e. The smallest absolute Gasteiger partial charge is 0.302 e. The number of ether oxygens (including phenoxy) is 2. The standard InChI is InChI=1S/C14H18O4/c1-10(15)17-9-14-13(16)7-12(8-18-14)11-5-3-2-4-6-11/h2-6,12-14,16H,7-9H2,1H3/t12-,13?,14+/m0/s1. The Bertz CT molecular complexity index is 390. The molecule has 0 bridgehead atoms. The van der Waals surface area contributed by atoms with E-state index in [1.165, 1.54) is 12.5 Å². The van der Waals surface area contributed by atoms with Crippen molar-refractivity contribution in [1.29, 1.82) is 0 Å². The van der Waals surface area contributed by atoms with Crippen molar-refractivity contribution in [2.75, 3.05) is 13.2 Å². The fourth-order valence-corrected chi connectivity index (χ4v) is 2.18. The summed E-state index contributed by atoms with van der Waals surface area (Å²) in [7, 11) is 0. The van der Waals surface area contributed by atoms with Gasteiger partial charge in [0.25, 0.3) is 0 Å². The first kappa shape index (κ1) is 13.1. The fourth-order valence-electron chi connectivity index (χ4n) is 2.18. The maximum atomic E-state index is 10.7. The number of hydrogen-bond donors (Lipinski definition) is 1. The molecule has 1 aliphatic rings. The van der Waals surface area contributed by atoms with Crippen LogP contribution in [0, 0.1) is 0 Å². The van der Waals surface area contributed by atoms with E-state index in [4.69, 9.17) is 9.47 Å². The van der Waals surface area contributed by atoms with E-state index >= 15 is 0 Å². The second-order valence-corrected chi connectivity index (χ2v) is 4.59. The summed E-state index contributed by atoms with van der Waals surface area (Å²) in [5.41, 5.74) is 1.17. The van der Waals surface area contributed by atoms with Crippen LogP contribution in [0.2, 0.25) is 0 Å². The van der Waals surface area contributed by atoms with E-state index < -0.39 is 12.2 Å². The molecule has 3 atom stereocenters. The summed E-state index contributed by atoms with van der Waals surface area (Å²) in [5, 5.41) is 10.00. The van der Waals surface area contributed by atoms with Crippen LogP contribution in [0.25, 0.3) is 0 Å². The summed E-state index contributed by atoms with van der Waals surface area (Å²) in [6.45, 7) is 2.02. The molecule has 2 rings (SSSR count). The van der Waals surface area contributed by atoms with Crippen LogP contribution in [0.5, 0.6) is 0 Å². The van der Waals surface area contributed by atoms with Crippen molar-refractivity contribution < 1.29 is 19.4 Å². The topological polar surface area (TPSA) is 55.8 Å². The Morgan fingerprint density at radius 3 is 2.78 bits per heavy atom. The molecule has 1 unspecified atom stereocenters. The predicted molar refractivity (Wildman–Crippen MR) is 66.2 cm³/mol. The molecular weight excluding hydrogens is 232 g/mol. The average Bonchev–Trinajstić information content (AvgIpc) is 2.38. The van der Waals surface area contributed by atoms with Crippen LogP contribution in [0.4, 0.5) is 0 Å². The zero-order chi connectivity index (χ0) is 13.0. The first-order valence-electron chi connectivity index (χ1n) is 6.15. The van der Waals surface area contributed by atoms with E-state index in [9.17, 15) is 9.90 Å². The van der Waals surface area contributed by atoms with Crippen LogP contribution in [0.1, 0.15) is 24.8 Å². The second-order valence-electron chi connectivity index (χ2n) is 4.59. The minimum Gasteiger partial charge on any atom is -0.463 e. The number of carbonyl (C=O) groups is 1. The molecule has 0 amide bonds. The fraction of sp³-hybridized carbons (Fsp3) is 0.500. The Balaban J connectivity index is 1.90. The van der Waals surface area contributed by atoms with E-state index in [0.717, 1.165) is 0 Å². The van der Waals surface area contributed by atoms with Crippen molar-refractivity contribution >= 4 is 5.97 Å². The van der Waals surface area contributed by atoms with E-state index in [1.807, 2.05) is 30.3 Å². The van der Waals surface area contributed by atoms with Gasteiger partial charge >= 0.3 is 5.97 Å². The molecular formula is C14H18O4. The minimum atomic E-state index is -0.594. The van der Waals surface area contributed by atoms with Gasteiger partial charge in [0, 0.05) is 12.8 Å². The molecule has 98 valence electrons. The molecule has 0 saturated carbocycles. The Morgan fingerprint density at radius 2 is 2.17 bits per heavy atom. The highest BCUT2D eigenvalue weighted by atomic mass is 16.6. The molecule has 1 saturated heterocycles. The third-order valence-corrected chi connectivity index (χ3v) is 3.19. The first-order valence-corrected chi connectivity index (χ1v) is 6.15. The van der Waals surface area contributed by atoms with Gasteiger partial charge in [-0.1, -0.05) is 30.3 Å². The maximum absolute atomic E-state index is 10.7. The van der Waals surface area contributed by atoms with Crippen molar-refractivity contribution in [1.82, 2.24) is 0 Å². The van der Waals surface area contributed by atoms with Gasteiger partial charge in [0.15, 0.2) is 0 Å². The number of esters is 1. The van der Waals surface area contributed by atoms with E-state index in [2.05, 4.69) is 0 Å². The van der Waals surface area contributed by atoms with Crippen LogP contribution >= 0.6 is 0 Å². The lowest BCUT2D eigenvalue weighted by Crippen LogP contribution is -2.41. The van der Waals surface area contributed by atoms with Crippen molar-refractivity contribution in [2.24, 2.45) is 0 Å². The summed E-state index contributed by atoms with van der Waals surface area (Å²) >= 11 is 0. The molecule has 0 aromatic heterocycles.